The van der Waals surface area contributed by atoms with E-state index in [0.717, 1.165) is 23.2 Å². The summed E-state index contributed by atoms with van der Waals surface area (Å²) >= 11 is 2.10. The largest absolute Gasteiger partial charge is 0.307 e. The molecule has 4 heteroatoms. The lowest BCUT2D eigenvalue weighted by molar-refractivity contribution is 0.525. The first-order chi connectivity index (χ1) is 10.4. The highest BCUT2D eigenvalue weighted by molar-refractivity contribution is 7.99. The number of hydrogen-bond acceptors (Lipinski definition) is 3. The lowest BCUT2D eigenvalue weighted by Crippen LogP contribution is -2.33. The zero-order valence-electron chi connectivity index (χ0n) is 12.5. The van der Waals surface area contributed by atoms with Crippen LogP contribution in [-0.2, 0) is 6.54 Å². The van der Waals surface area contributed by atoms with Gasteiger partial charge in [0.2, 0.25) is 0 Å². The molecule has 2 atom stereocenters. The van der Waals surface area contributed by atoms with Gasteiger partial charge in [0.25, 0.3) is 0 Å². The summed E-state index contributed by atoms with van der Waals surface area (Å²) in [6.45, 7) is 3.12. The highest BCUT2D eigenvalue weighted by Gasteiger charge is 2.26. The van der Waals surface area contributed by atoms with Crippen LogP contribution in [0.15, 0.2) is 42.6 Å². The molecule has 1 aliphatic carbocycles. The van der Waals surface area contributed by atoms with Gasteiger partial charge in [-0.3, -0.25) is 0 Å². The number of nitrogens with zero attached hydrogens (tertiary/aromatic N) is 2. The van der Waals surface area contributed by atoms with E-state index in [4.69, 9.17) is 0 Å². The maximum Gasteiger partial charge on any atom is 0.0766 e. The zero-order chi connectivity index (χ0) is 14.5. The van der Waals surface area contributed by atoms with Crippen molar-refractivity contribution in [1.29, 1.82) is 0 Å². The van der Waals surface area contributed by atoms with E-state index >= 15 is 0 Å². The van der Waals surface area contributed by atoms with E-state index in [9.17, 15) is 0 Å². The smallest absolute Gasteiger partial charge is 0.0766 e. The summed E-state index contributed by atoms with van der Waals surface area (Å²) in [4.78, 5) is 0. The topological polar surface area (TPSA) is 29.9 Å². The van der Waals surface area contributed by atoms with Gasteiger partial charge in [-0.2, -0.15) is 16.9 Å². The third-order valence-electron chi connectivity index (χ3n) is 4.04. The monoisotopic (exact) mass is 301 g/mol. The van der Waals surface area contributed by atoms with E-state index in [1.807, 2.05) is 29.1 Å². The Morgan fingerprint density at radius 2 is 2.10 bits per heavy atom. The Balaban J connectivity index is 1.58. The van der Waals surface area contributed by atoms with Crippen molar-refractivity contribution >= 4 is 11.8 Å². The molecule has 2 unspecified atom stereocenters. The number of benzene rings is 1. The first-order valence-corrected chi connectivity index (χ1v) is 8.86. The minimum absolute atomic E-state index is 0.650. The Hall–Kier alpha value is -1.26. The van der Waals surface area contributed by atoms with Gasteiger partial charge in [0, 0.05) is 24.0 Å². The zero-order valence-corrected chi connectivity index (χ0v) is 13.4. The van der Waals surface area contributed by atoms with Gasteiger partial charge in [-0.15, -0.1) is 0 Å². The van der Waals surface area contributed by atoms with Crippen molar-refractivity contribution in [3.8, 4) is 5.69 Å². The van der Waals surface area contributed by atoms with Gasteiger partial charge in [-0.05, 0) is 36.8 Å². The predicted molar refractivity (Wildman–Crippen MR) is 90.0 cm³/mol. The fourth-order valence-corrected chi connectivity index (χ4v) is 4.22. The van der Waals surface area contributed by atoms with Crippen molar-refractivity contribution in [2.45, 2.75) is 44.0 Å². The van der Waals surface area contributed by atoms with E-state index in [-0.39, 0.29) is 0 Å². The third kappa shape index (κ3) is 3.69. The number of rotatable bonds is 6. The van der Waals surface area contributed by atoms with Crippen LogP contribution in [0.4, 0.5) is 0 Å². The molecular weight excluding hydrogens is 278 g/mol. The van der Waals surface area contributed by atoms with Crippen LogP contribution >= 0.6 is 11.8 Å². The molecule has 0 spiro atoms. The summed E-state index contributed by atoms with van der Waals surface area (Å²) in [6.07, 6.45) is 6.05. The molecule has 0 saturated heterocycles. The first-order valence-electron chi connectivity index (χ1n) is 7.82. The Morgan fingerprint density at radius 3 is 2.90 bits per heavy atom. The first kappa shape index (κ1) is 14.7. The number of para-hydroxylation sites is 1. The van der Waals surface area contributed by atoms with Crippen molar-refractivity contribution in [3.63, 3.8) is 0 Å². The van der Waals surface area contributed by atoms with Crippen LogP contribution in [-0.4, -0.2) is 26.8 Å². The van der Waals surface area contributed by atoms with Crippen molar-refractivity contribution in [3.05, 3.63) is 48.3 Å². The van der Waals surface area contributed by atoms with E-state index in [0.29, 0.717) is 6.04 Å². The predicted octanol–water partition coefficient (Wildman–Crippen LogP) is 3.64. The van der Waals surface area contributed by atoms with Crippen LogP contribution in [0.5, 0.6) is 0 Å². The lowest BCUT2D eigenvalue weighted by atomic mass is 10.2. The van der Waals surface area contributed by atoms with Crippen molar-refractivity contribution in [2.24, 2.45) is 0 Å². The van der Waals surface area contributed by atoms with Crippen LogP contribution in [0, 0.1) is 0 Å². The van der Waals surface area contributed by atoms with Crippen LogP contribution in [0.3, 0.4) is 0 Å². The molecule has 0 aliphatic heterocycles. The number of hydrogen-bond donors (Lipinski definition) is 1. The summed E-state index contributed by atoms with van der Waals surface area (Å²) in [7, 11) is 0. The van der Waals surface area contributed by atoms with Crippen LogP contribution in [0.2, 0.25) is 0 Å². The van der Waals surface area contributed by atoms with E-state index < -0.39 is 0 Å². The quantitative estimate of drug-likeness (QED) is 0.883. The molecular formula is C17H23N3S. The van der Waals surface area contributed by atoms with Crippen molar-refractivity contribution in [2.75, 3.05) is 5.75 Å². The second-order valence-electron chi connectivity index (χ2n) is 5.50. The molecule has 3 nitrogen and oxygen atoms in total. The lowest BCUT2D eigenvalue weighted by Gasteiger charge is -2.19. The Kier molecular flexibility index (Phi) is 4.99. The average molecular weight is 301 g/mol. The van der Waals surface area contributed by atoms with Gasteiger partial charge in [-0.1, -0.05) is 31.5 Å². The molecule has 21 heavy (non-hydrogen) atoms. The summed E-state index contributed by atoms with van der Waals surface area (Å²) in [5.41, 5.74) is 2.23. The minimum atomic E-state index is 0.650. The molecule has 2 aromatic rings. The molecule has 0 radical (unpaired) electrons. The van der Waals surface area contributed by atoms with Gasteiger partial charge >= 0.3 is 0 Å². The number of nitrogens with one attached hydrogen (secondary N) is 1. The molecule has 1 aliphatic rings. The Labute approximate surface area is 131 Å². The SMILES string of the molecule is CCSC1CCCC1NCc1ccn(-c2ccccc2)n1. The third-order valence-corrected chi connectivity index (χ3v) is 5.37. The summed E-state index contributed by atoms with van der Waals surface area (Å²) < 4.78 is 1.95. The summed E-state index contributed by atoms with van der Waals surface area (Å²) in [5.74, 6) is 1.21. The second kappa shape index (κ2) is 7.14. The van der Waals surface area contributed by atoms with Gasteiger partial charge in [0.15, 0.2) is 0 Å². The molecule has 1 saturated carbocycles. The molecule has 3 rings (SSSR count). The van der Waals surface area contributed by atoms with Crippen LogP contribution in [0.25, 0.3) is 5.69 Å². The second-order valence-corrected chi connectivity index (χ2v) is 7.02. The molecule has 1 fully saturated rings. The maximum atomic E-state index is 4.66. The summed E-state index contributed by atoms with van der Waals surface area (Å²) in [6, 6.07) is 13.0. The average Bonchev–Trinajstić information content (AvgIpc) is 3.16. The van der Waals surface area contributed by atoms with Gasteiger partial charge in [0.1, 0.15) is 0 Å². The maximum absolute atomic E-state index is 4.66. The molecule has 0 amide bonds. The van der Waals surface area contributed by atoms with Crippen molar-refractivity contribution in [1.82, 2.24) is 15.1 Å². The summed E-state index contributed by atoms with van der Waals surface area (Å²) in [5, 5.41) is 9.14. The van der Waals surface area contributed by atoms with Gasteiger partial charge < -0.3 is 5.32 Å². The molecule has 1 heterocycles. The van der Waals surface area contributed by atoms with E-state index in [1.165, 1.54) is 25.0 Å². The fraction of sp³-hybridized carbons (Fsp3) is 0.471. The molecule has 1 aromatic heterocycles. The highest BCUT2D eigenvalue weighted by atomic mass is 32.2. The molecule has 0 bridgehead atoms. The number of aromatic nitrogens is 2. The van der Waals surface area contributed by atoms with Gasteiger partial charge in [0.05, 0.1) is 11.4 Å². The molecule has 1 aromatic carbocycles. The van der Waals surface area contributed by atoms with Crippen LogP contribution < -0.4 is 5.32 Å². The fourth-order valence-electron chi connectivity index (χ4n) is 2.99. The van der Waals surface area contributed by atoms with Gasteiger partial charge in [-0.25, -0.2) is 4.68 Å². The van der Waals surface area contributed by atoms with Crippen LogP contribution in [0.1, 0.15) is 31.9 Å². The molecule has 112 valence electrons. The Morgan fingerprint density at radius 1 is 1.24 bits per heavy atom. The normalized spacial score (nSPS) is 21.8. The van der Waals surface area contributed by atoms with Crippen molar-refractivity contribution < 1.29 is 0 Å². The number of thioether (sulfide) groups is 1. The minimum Gasteiger partial charge on any atom is -0.307 e. The van der Waals surface area contributed by atoms with E-state index in [2.05, 4.69) is 47.3 Å². The highest BCUT2D eigenvalue weighted by Crippen LogP contribution is 2.29. The molecule has 1 N–H and O–H groups in total. The standard InChI is InChI=1S/C17H23N3S/c1-2-21-17-10-6-9-16(17)18-13-14-11-12-20(19-14)15-7-4-3-5-8-15/h3-5,7-8,11-12,16-18H,2,6,9-10,13H2,1H3. The Bertz CT molecular complexity index is 552. The van der Waals surface area contributed by atoms with E-state index in [1.54, 1.807) is 0 Å².